The van der Waals surface area contributed by atoms with Gasteiger partial charge in [0, 0.05) is 32.2 Å². The average molecular weight is 311 g/mol. The highest BCUT2D eigenvalue weighted by Gasteiger charge is 2.29. The summed E-state index contributed by atoms with van der Waals surface area (Å²) in [6.45, 7) is 3.40. The summed E-state index contributed by atoms with van der Waals surface area (Å²) < 4.78 is 0. The summed E-state index contributed by atoms with van der Waals surface area (Å²) in [5.41, 5.74) is 2.99. The molecule has 1 amide bonds. The molecule has 2 aromatic rings. The molecule has 1 atom stereocenters. The van der Waals surface area contributed by atoms with E-state index >= 15 is 0 Å². The fourth-order valence-electron chi connectivity index (χ4n) is 3.74. The summed E-state index contributed by atoms with van der Waals surface area (Å²) in [5.74, 6) is 0.293. The lowest BCUT2D eigenvalue weighted by atomic mass is 9.87. The van der Waals surface area contributed by atoms with E-state index in [1.807, 2.05) is 4.90 Å². The molecule has 0 radical (unpaired) electrons. The molecule has 0 spiro atoms. The zero-order chi connectivity index (χ0) is 15.6. The predicted octanol–water partition coefficient (Wildman–Crippen LogP) is 1.12. The first-order valence-corrected chi connectivity index (χ1v) is 8.27. The molecule has 0 unspecified atom stereocenters. The molecule has 0 saturated carbocycles. The van der Waals surface area contributed by atoms with Gasteiger partial charge in [0.15, 0.2) is 0 Å². The molecule has 0 bridgehead atoms. The maximum atomic E-state index is 12.3. The largest absolute Gasteiger partial charge is 0.333 e. The fraction of sp³-hybridized carbons (Fsp3) is 0.471. The highest BCUT2D eigenvalue weighted by molar-refractivity contribution is 5.90. The number of carbonyl (C=O) groups is 1. The van der Waals surface area contributed by atoms with Crippen molar-refractivity contribution in [2.45, 2.75) is 25.3 Å². The highest BCUT2D eigenvalue weighted by Crippen LogP contribution is 2.25. The second-order valence-electron chi connectivity index (χ2n) is 6.33. The van der Waals surface area contributed by atoms with E-state index < -0.39 is 0 Å². The zero-order valence-electron chi connectivity index (χ0n) is 13.1. The van der Waals surface area contributed by atoms with Crippen LogP contribution in [0.2, 0.25) is 0 Å². The molecule has 6 nitrogen and oxygen atoms in total. The number of H-pyrrole nitrogens is 1. The van der Waals surface area contributed by atoms with Gasteiger partial charge in [-0.05, 0) is 30.4 Å². The van der Waals surface area contributed by atoms with Gasteiger partial charge < -0.3 is 4.90 Å². The van der Waals surface area contributed by atoms with Crippen LogP contribution in [-0.2, 0) is 12.8 Å². The molecule has 6 heteroatoms. The number of carbonyl (C=O) groups excluding carboxylic acids is 1. The average Bonchev–Trinajstić information content (AvgIpc) is 3.15. The second kappa shape index (κ2) is 6.12. The summed E-state index contributed by atoms with van der Waals surface area (Å²) in [6.07, 6.45) is 4.89. The Morgan fingerprint density at radius 2 is 1.91 bits per heavy atom. The Kier molecular flexibility index (Phi) is 3.83. The molecule has 2 aliphatic rings. The Balaban J connectivity index is 1.36. The fourth-order valence-corrected chi connectivity index (χ4v) is 3.74. The number of piperazine rings is 1. The minimum Gasteiger partial charge on any atom is -0.333 e. The van der Waals surface area contributed by atoms with E-state index in [1.165, 1.54) is 23.9 Å². The van der Waals surface area contributed by atoms with Crippen LogP contribution in [0.3, 0.4) is 0 Å². The summed E-state index contributed by atoms with van der Waals surface area (Å²) in [6, 6.07) is 9.37. The normalized spacial score (nSPS) is 21.9. The van der Waals surface area contributed by atoms with Gasteiger partial charge in [0.2, 0.25) is 5.82 Å². The minimum atomic E-state index is -0.0452. The lowest BCUT2D eigenvalue weighted by Gasteiger charge is -2.40. The molecule has 1 aliphatic heterocycles. The Morgan fingerprint density at radius 3 is 2.65 bits per heavy atom. The van der Waals surface area contributed by atoms with Crippen molar-refractivity contribution in [1.82, 2.24) is 25.0 Å². The van der Waals surface area contributed by atoms with Crippen LogP contribution in [0.15, 0.2) is 30.6 Å². The number of fused-ring (bicyclic) bond motifs is 1. The molecule has 1 aromatic carbocycles. The predicted molar refractivity (Wildman–Crippen MR) is 86.1 cm³/mol. The molecule has 2 heterocycles. The van der Waals surface area contributed by atoms with Gasteiger partial charge in [-0.1, -0.05) is 24.3 Å². The van der Waals surface area contributed by atoms with Gasteiger partial charge in [0.25, 0.3) is 5.91 Å². The van der Waals surface area contributed by atoms with Crippen molar-refractivity contribution in [1.29, 1.82) is 0 Å². The van der Waals surface area contributed by atoms with Crippen LogP contribution in [-0.4, -0.2) is 63.1 Å². The summed E-state index contributed by atoms with van der Waals surface area (Å²) in [5, 5.41) is 6.41. The van der Waals surface area contributed by atoms with Gasteiger partial charge in [0.1, 0.15) is 6.33 Å². The minimum absolute atomic E-state index is 0.0452. The van der Waals surface area contributed by atoms with E-state index in [4.69, 9.17) is 0 Å². The smallest absolute Gasteiger partial charge is 0.291 e. The number of amides is 1. The van der Waals surface area contributed by atoms with Crippen LogP contribution in [0.4, 0.5) is 0 Å². The number of hydrogen-bond donors (Lipinski definition) is 1. The van der Waals surface area contributed by atoms with E-state index in [-0.39, 0.29) is 5.91 Å². The lowest BCUT2D eigenvalue weighted by molar-refractivity contribution is 0.0542. The van der Waals surface area contributed by atoms with Gasteiger partial charge in [0.05, 0.1) is 0 Å². The van der Waals surface area contributed by atoms with Crippen LogP contribution < -0.4 is 0 Å². The number of aromatic nitrogens is 3. The van der Waals surface area contributed by atoms with Crippen LogP contribution in [0.25, 0.3) is 0 Å². The highest BCUT2D eigenvalue weighted by atomic mass is 16.2. The maximum absolute atomic E-state index is 12.3. The first kappa shape index (κ1) is 14.4. The number of benzene rings is 1. The molecule has 1 aromatic heterocycles. The van der Waals surface area contributed by atoms with E-state index in [0.29, 0.717) is 11.9 Å². The summed E-state index contributed by atoms with van der Waals surface area (Å²) in [7, 11) is 0. The first-order valence-electron chi connectivity index (χ1n) is 8.27. The van der Waals surface area contributed by atoms with Crippen molar-refractivity contribution < 1.29 is 4.79 Å². The third kappa shape index (κ3) is 2.86. The Bertz CT molecular complexity index is 676. The molecule has 120 valence electrons. The summed E-state index contributed by atoms with van der Waals surface area (Å²) >= 11 is 0. The van der Waals surface area contributed by atoms with Crippen molar-refractivity contribution in [3.8, 4) is 0 Å². The molecule has 1 N–H and O–H groups in total. The monoisotopic (exact) mass is 311 g/mol. The first-order chi connectivity index (χ1) is 11.3. The topological polar surface area (TPSA) is 65.1 Å². The Labute approximate surface area is 135 Å². The zero-order valence-corrected chi connectivity index (χ0v) is 13.1. The van der Waals surface area contributed by atoms with Crippen molar-refractivity contribution >= 4 is 5.91 Å². The van der Waals surface area contributed by atoms with Gasteiger partial charge in [-0.3, -0.25) is 14.8 Å². The van der Waals surface area contributed by atoms with Gasteiger partial charge in [-0.25, -0.2) is 4.98 Å². The molecule has 1 fully saturated rings. The third-order valence-corrected chi connectivity index (χ3v) is 5.06. The number of aryl methyl sites for hydroxylation is 1. The molecular weight excluding hydrogens is 290 g/mol. The van der Waals surface area contributed by atoms with E-state index in [1.54, 1.807) is 0 Å². The van der Waals surface area contributed by atoms with Gasteiger partial charge >= 0.3 is 0 Å². The standard InChI is InChI=1S/C17H21N5O/c23-17(16-18-12-19-20-16)22-9-7-21(8-10-22)15-6-5-13-3-1-2-4-14(13)11-15/h1-4,12,15H,5-11H2,(H,18,19,20)/t15-/m0/s1. The van der Waals surface area contributed by atoms with E-state index in [9.17, 15) is 4.79 Å². The van der Waals surface area contributed by atoms with Crippen LogP contribution in [0.1, 0.15) is 28.2 Å². The number of nitrogens with one attached hydrogen (secondary N) is 1. The third-order valence-electron chi connectivity index (χ3n) is 5.06. The Hall–Kier alpha value is -2.21. The van der Waals surface area contributed by atoms with Crippen LogP contribution >= 0.6 is 0 Å². The number of aromatic amines is 1. The molecule has 1 aliphatic carbocycles. The van der Waals surface area contributed by atoms with Crippen LogP contribution in [0.5, 0.6) is 0 Å². The molecule has 4 rings (SSSR count). The molecule has 1 saturated heterocycles. The van der Waals surface area contributed by atoms with Gasteiger partial charge in [-0.2, -0.15) is 5.10 Å². The lowest BCUT2D eigenvalue weighted by Crippen LogP contribution is -2.53. The number of nitrogens with zero attached hydrogens (tertiary/aromatic N) is 4. The number of rotatable bonds is 2. The van der Waals surface area contributed by atoms with E-state index in [2.05, 4.69) is 44.3 Å². The summed E-state index contributed by atoms with van der Waals surface area (Å²) in [4.78, 5) is 20.6. The van der Waals surface area contributed by atoms with Crippen molar-refractivity contribution in [2.75, 3.05) is 26.2 Å². The van der Waals surface area contributed by atoms with Crippen molar-refractivity contribution in [2.24, 2.45) is 0 Å². The van der Waals surface area contributed by atoms with Crippen molar-refractivity contribution in [3.63, 3.8) is 0 Å². The number of hydrogen-bond acceptors (Lipinski definition) is 4. The van der Waals surface area contributed by atoms with Gasteiger partial charge in [-0.15, -0.1) is 0 Å². The van der Waals surface area contributed by atoms with Crippen molar-refractivity contribution in [3.05, 3.63) is 47.5 Å². The molecular formula is C17H21N5O. The Morgan fingerprint density at radius 1 is 1.13 bits per heavy atom. The molecule has 23 heavy (non-hydrogen) atoms. The SMILES string of the molecule is O=C(c1ncn[nH]1)N1CCN([C@H]2CCc3ccccc3C2)CC1. The van der Waals surface area contributed by atoms with E-state index in [0.717, 1.165) is 39.0 Å². The maximum Gasteiger partial charge on any atom is 0.291 e. The second-order valence-corrected chi connectivity index (χ2v) is 6.33. The van der Waals surface area contributed by atoms with Crippen LogP contribution in [0, 0.1) is 0 Å². The quantitative estimate of drug-likeness (QED) is 0.903.